The molecule has 0 saturated carbocycles. The van der Waals surface area contributed by atoms with E-state index >= 15 is 0 Å². The summed E-state index contributed by atoms with van der Waals surface area (Å²) in [5.74, 6) is -0.777. The summed E-state index contributed by atoms with van der Waals surface area (Å²) in [5.41, 5.74) is 3.26. The van der Waals surface area contributed by atoms with E-state index in [9.17, 15) is 24.8 Å². The molecule has 0 N–H and O–H groups in total. The standard InChI is InChI=1S/C29H34N2O6.Na/c1-19(2)14-21-7-9-22(10-8-21)18-37-27-12-11-23(15-26(27)31(35)36)29(34)25-17-30(13-5-6-28(32)33)16-24(25)20(3)4;/h7-12,15-17,19-20H,5-6,13-14,18H2,1-4H3,(H,32,33);/q;+1/p-1. The molecular weight excluding hydrogens is 495 g/mol. The van der Waals surface area contributed by atoms with Gasteiger partial charge in [0.2, 0.25) is 0 Å². The first-order chi connectivity index (χ1) is 17.5. The molecule has 0 amide bonds. The van der Waals surface area contributed by atoms with Gasteiger partial charge in [0.15, 0.2) is 11.5 Å². The molecule has 0 aliphatic heterocycles. The number of carboxylic acids is 1. The summed E-state index contributed by atoms with van der Waals surface area (Å²) in [6.07, 6.45) is 4.77. The van der Waals surface area contributed by atoms with Crippen LogP contribution >= 0.6 is 0 Å². The second-order valence-corrected chi connectivity index (χ2v) is 9.97. The fraction of sp³-hybridized carbons (Fsp3) is 0.379. The van der Waals surface area contributed by atoms with Crippen molar-refractivity contribution in [2.75, 3.05) is 0 Å². The average molecular weight is 529 g/mol. The fourth-order valence-corrected chi connectivity index (χ4v) is 4.19. The van der Waals surface area contributed by atoms with Crippen molar-refractivity contribution >= 4 is 17.4 Å². The molecule has 9 heteroatoms. The number of ether oxygens (including phenoxy) is 1. The van der Waals surface area contributed by atoms with E-state index < -0.39 is 10.9 Å². The maximum atomic E-state index is 13.4. The number of aryl methyl sites for hydroxylation is 1. The molecule has 3 rings (SSSR count). The Morgan fingerprint density at radius 1 is 1.00 bits per heavy atom. The van der Waals surface area contributed by atoms with Gasteiger partial charge in [-0.2, -0.15) is 0 Å². The Hall–Kier alpha value is -2.94. The van der Waals surface area contributed by atoms with Crippen LogP contribution in [0.5, 0.6) is 5.75 Å². The van der Waals surface area contributed by atoms with E-state index in [0.29, 0.717) is 24.4 Å². The molecule has 0 aliphatic rings. The van der Waals surface area contributed by atoms with Gasteiger partial charge < -0.3 is 19.2 Å². The van der Waals surface area contributed by atoms with Gasteiger partial charge in [0, 0.05) is 42.1 Å². The molecule has 0 atom stereocenters. The van der Waals surface area contributed by atoms with Gasteiger partial charge in [0.1, 0.15) is 6.61 Å². The number of carbonyl (C=O) groups excluding carboxylic acids is 2. The van der Waals surface area contributed by atoms with Crippen LogP contribution in [0.15, 0.2) is 54.9 Å². The van der Waals surface area contributed by atoms with Crippen molar-refractivity contribution in [2.45, 2.75) is 66.0 Å². The van der Waals surface area contributed by atoms with Crippen molar-refractivity contribution < 1.29 is 53.9 Å². The van der Waals surface area contributed by atoms with E-state index in [1.807, 2.05) is 44.3 Å². The van der Waals surface area contributed by atoms with E-state index in [1.165, 1.54) is 23.8 Å². The third-order valence-corrected chi connectivity index (χ3v) is 6.05. The first kappa shape index (κ1) is 31.3. The minimum Gasteiger partial charge on any atom is -0.550 e. The number of carbonyl (C=O) groups is 2. The van der Waals surface area contributed by atoms with Crippen LogP contribution < -0.4 is 39.4 Å². The number of nitrogens with zero attached hydrogens (tertiary/aromatic N) is 2. The number of aromatic nitrogens is 1. The summed E-state index contributed by atoms with van der Waals surface area (Å²) in [6.45, 7) is 8.81. The maximum absolute atomic E-state index is 13.4. The van der Waals surface area contributed by atoms with E-state index in [1.54, 1.807) is 10.8 Å². The number of nitro benzene ring substituents is 1. The van der Waals surface area contributed by atoms with E-state index in [0.717, 1.165) is 17.5 Å². The van der Waals surface area contributed by atoms with Gasteiger partial charge in [-0.3, -0.25) is 14.9 Å². The molecule has 1 heterocycles. The summed E-state index contributed by atoms with van der Waals surface area (Å²) in [6, 6.07) is 12.2. The molecular formula is C29H33N2NaO6. The zero-order chi connectivity index (χ0) is 27.1. The molecule has 196 valence electrons. The second-order valence-electron chi connectivity index (χ2n) is 9.97. The number of rotatable bonds is 13. The molecule has 1 aromatic heterocycles. The predicted molar refractivity (Wildman–Crippen MR) is 139 cm³/mol. The van der Waals surface area contributed by atoms with Crippen LogP contribution in [0.2, 0.25) is 0 Å². The molecule has 0 radical (unpaired) electrons. The van der Waals surface area contributed by atoms with Gasteiger partial charge in [0.05, 0.1) is 4.92 Å². The summed E-state index contributed by atoms with van der Waals surface area (Å²) < 4.78 is 7.55. The molecule has 0 saturated heterocycles. The van der Waals surface area contributed by atoms with Crippen LogP contribution in [0.4, 0.5) is 5.69 Å². The van der Waals surface area contributed by atoms with Crippen molar-refractivity contribution in [1.29, 1.82) is 0 Å². The zero-order valence-electron chi connectivity index (χ0n) is 22.7. The van der Waals surface area contributed by atoms with Gasteiger partial charge in [-0.05, 0) is 59.9 Å². The van der Waals surface area contributed by atoms with Crippen molar-refractivity contribution in [3.63, 3.8) is 0 Å². The summed E-state index contributed by atoms with van der Waals surface area (Å²) in [5, 5.41) is 22.5. The number of carboxylic acid groups (broad SMARTS) is 1. The van der Waals surface area contributed by atoms with E-state index in [4.69, 9.17) is 4.74 Å². The Morgan fingerprint density at radius 2 is 1.66 bits per heavy atom. The fourth-order valence-electron chi connectivity index (χ4n) is 4.19. The SMILES string of the molecule is CC(C)Cc1ccc(COc2ccc(C(=O)c3cn(CCCC(=O)[O-])cc3C(C)C)cc2[N+](=O)[O-])cc1.[Na+]. The van der Waals surface area contributed by atoms with Crippen molar-refractivity contribution in [1.82, 2.24) is 4.57 Å². The number of ketones is 1. The average Bonchev–Trinajstić information content (AvgIpc) is 3.27. The maximum Gasteiger partial charge on any atom is 1.00 e. The van der Waals surface area contributed by atoms with Gasteiger partial charge in [0.25, 0.3) is 0 Å². The van der Waals surface area contributed by atoms with Gasteiger partial charge in [-0.25, -0.2) is 0 Å². The number of hydrogen-bond donors (Lipinski definition) is 0. The van der Waals surface area contributed by atoms with Crippen LogP contribution in [0.25, 0.3) is 0 Å². The van der Waals surface area contributed by atoms with Gasteiger partial charge in [-0.1, -0.05) is 52.0 Å². The second kappa shape index (κ2) is 14.3. The van der Waals surface area contributed by atoms with Crippen LogP contribution in [-0.2, 0) is 24.4 Å². The van der Waals surface area contributed by atoms with Crippen LogP contribution in [0.3, 0.4) is 0 Å². The Labute approximate surface area is 245 Å². The smallest absolute Gasteiger partial charge is 0.550 e. The third kappa shape index (κ3) is 8.55. The first-order valence-corrected chi connectivity index (χ1v) is 12.5. The monoisotopic (exact) mass is 528 g/mol. The third-order valence-electron chi connectivity index (χ3n) is 6.05. The Morgan fingerprint density at radius 3 is 2.24 bits per heavy atom. The number of nitro groups is 1. The molecule has 0 aliphatic carbocycles. The molecule has 38 heavy (non-hydrogen) atoms. The van der Waals surface area contributed by atoms with Crippen molar-refractivity contribution in [3.05, 3.63) is 92.8 Å². The van der Waals surface area contributed by atoms with Crippen molar-refractivity contribution in [2.24, 2.45) is 5.92 Å². The molecule has 8 nitrogen and oxygen atoms in total. The van der Waals surface area contributed by atoms with Crippen LogP contribution in [0.1, 0.15) is 79.1 Å². The zero-order valence-corrected chi connectivity index (χ0v) is 24.7. The van der Waals surface area contributed by atoms with Gasteiger partial charge >= 0.3 is 35.2 Å². The minimum absolute atomic E-state index is 0. The summed E-state index contributed by atoms with van der Waals surface area (Å²) in [4.78, 5) is 35.3. The molecule has 3 aromatic rings. The topological polar surface area (TPSA) is 114 Å². The summed E-state index contributed by atoms with van der Waals surface area (Å²) >= 11 is 0. The van der Waals surface area contributed by atoms with E-state index in [2.05, 4.69) is 13.8 Å². The molecule has 0 spiro atoms. The minimum atomic E-state index is -1.12. The Kier molecular flexibility index (Phi) is 11.8. The number of aliphatic carboxylic acids is 1. The Bertz CT molecular complexity index is 1260. The quantitative estimate of drug-likeness (QED) is 0.145. The molecule has 0 fully saturated rings. The predicted octanol–water partition coefficient (Wildman–Crippen LogP) is 2.06. The first-order valence-electron chi connectivity index (χ1n) is 12.5. The summed E-state index contributed by atoms with van der Waals surface area (Å²) in [7, 11) is 0. The van der Waals surface area contributed by atoms with Crippen LogP contribution in [0, 0.1) is 16.0 Å². The van der Waals surface area contributed by atoms with E-state index in [-0.39, 0.29) is 71.3 Å². The molecule has 2 aromatic carbocycles. The van der Waals surface area contributed by atoms with Crippen LogP contribution in [-0.4, -0.2) is 21.2 Å². The largest absolute Gasteiger partial charge is 1.00 e. The molecule has 0 unspecified atom stereocenters. The molecule has 0 bridgehead atoms. The Balaban J connectivity index is 0.00000507. The normalized spacial score (nSPS) is 10.9. The van der Waals surface area contributed by atoms with Gasteiger partial charge in [-0.15, -0.1) is 0 Å². The number of hydrogen-bond acceptors (Lipinski definition) is 6. The number of benzene rings is 2. The van der Waals surface area contributed by atoms with Crippen molar-refractivity contribution in [3.8, 4) is 5.75 Å².